The van der Waals surface area contributed by atoms with Crippen molar-refractivity contribution in [1.29, 1.82) is 0 Å². The molecule has 0 bridgehead atoms. The molecule has 0 atom stereocenters. The molecule has 0 N–H and O–H groups in total. The van der Waals surface area contributed by atoms with Crippen molar-refractivity contribution < 1.29 is 160 Å². The van der Waals surface area contributed by atoms with Crippen molar-refractivity contribution in [2.75, 3.05) is 0 Å². The summed E-state index contributed by atoms with van der Waals surface area (Å²) in [6.07, 6.45) is 0. The zero-order chi connectivity index (χ0) is 96.9. The second kappa shape index (κ2) is 35.6. The van der Waals surface area contributed by atoms with Crippen LogP contribution in [0.15, 0.2) is 218 Å². The molecule has 0 heterocycles. The highest BCUT2D eigenvalue weighted by molar-refractivity contribution is 5.61. The molecule has 15 aromatic carbocycles. The van der Waals surface area contributed by atoms with Crippen LogP contribution in [-0.4, -0.2) is 0 Å². The molecule has 6 nitrogen and oxygen atoms in total. The van der Waals surface area contributed by atoms with Gasteiger partial charge in [-0.15, -0.1) is 0 Å². The Morgan fingerprint density at radius 1 is 0.112 bits per heavy atom. The lowest BCUT2D eigenvalue weighted by Crippen LogP contribution is -2.29. The third-order valence-corrected chi connectivity index (χ3v) is 23.0. The van der Waals surface area contributed by atoms with Crippen LogP contribution in [0.3, 0.4) is 0 Å². The molecule has 15 aromatic rings. The van der Waals surface area contributed by atoms with Gasteiger partial charge in [-0.25, -0.2) is 79.0 Å². The number of hydrogen-bond donors (Lipinski definition) is 0. The molecule has 0 saturated carbocycles. The minimum absolute atomic E-state index is 0.183. The van der Waals surface area contributed by atoms with Crippen molar-refractivity contribution in [2.24, 2.45) is 0 Å². The average molecular weight is 1890 g/mol. The molecular formula is C98H48F30O6. The molecule has 0 amide bonds. The normalized spacial score (nSPS) is 12.0. The number of halogens is 30. The molecule has 134 heavy (non-hydrogen) atoms. The molecule has 0 saturated heterocycles. The van der Waals surface area contributed by atoms with E-state index >= 15 is 52.7 Å². The highest BCUT2D eigenvalue weighted by Crippen LogP contribution is 2.51. The van der Waals surface area contributed by atoms with Crippen LogP contribution in [0.25, 0.3) is 0 Å². The summed E-state index contributed by atoms with van der Waals surface area (Å²) < 4.78 is 471. The third-order valence-electron chi connectivity index (χ3n) is 23.0. The van der Waals surface area contributed by atoms with Crippen LogP contribution in [0.4, 0.5) is 132 Å². The van der Waals surface area contributed by atoms with Gasteiger partial charge >= 0.3 is 0 Å². The molecule has 0 fully saturated rings. The summed E-state index contributed by atoms with van der Waals surface area (Å²) >= 11 is 0. The lowest BCUT2D eigenvalue weighted by Gasteiger charge is -2.37. The summed E-state index contributed by atoms with van der Waals surface area (Å²) in [7, 11) is 0. The minimum Gasteiger partial charge on any atom is -0.451 e. The van der Waals surface area contributed by atoms with E-state index in [1.807, 2.05) is 0 Å². The fraction of sp³-hybridized carbons (Fsp3) is 0.0816. The highest BCUT2D eigenvalue weighted by Gasteiger charge is 2.42. The summed E-state index contributed by atoms with van der Waals surface area (Å²) in [6, 6.07) is 46.9. The van der Waals surface area contributed by atoms with E-state index in [9.17, 15) is 79.0 Å². The van der Waals surface area contributed by atoms with Gasteiger partial charge in [0.05, 0.1) is 0 Å². The Bertz CT molecular complexity index is 5980. The van der Waals surface area contributed by atoms with Crippen LogP contribution in [0.2, 0.25) is 0 Å². The number of ether oxygens (including phenoxy) is 6. The zero-order valence-corrected chi connectivity index (χ0v) is 67.6. The predicted octanol–water partition coefficient (Wildman–Crippen LogP) is 30.0. The maximum Gasteiger partial charge on any atom is 0.207 e. The maximum absolute atomic E-state index is 15.1. The van der Waals surface area contributed by atoms with Crippen LogP contribution in [-0.2, 0) is 21.7 Å². The molecule has 0 aliphatic rings. The van der Waals surface area contributed by atoms with Crippen LogP contribution in [0.1, 0.15) is 94.5 Å². The first-order valence-electron chi connectivity index (χ1n) is 38.5. The first kappa shape index (κ1) is 93.7. The van der Waals surface area contributed by atoms with E-state index in [4.69, 9.17) is 28.4 Å². The minimum atomic E-state index is -2.51. The Labute approximate surface area is 735 Å². The zero-order valence-electron chi connectivity index (χ0n) is 67.6. The van der Waals surface area contributed by atoms with E-state index in [-0.39, 0.29) is 50.1 Å². The molecule has 36 heteroatoms. The van der Waals surface area contributed by atoms with Crippen molar-refractivity contribution in [3.05, 3.63) is 460 Å². The Kier molecular flexibility index (Phi) is 24.9. The van der Waals surface area contributed by atoms with Gasteiger partial charge in [0.2, 0.25) is 209 Å². The van der Waals surface area contributed by atoms with Gasteiger partial charge in [-0.05, 0) is 167 Å². The average Bonchev–Trinajstić information content (AvgIpc) is 0.752. The quantitative estimate of drug-likeness (QED) is 0.0260. The molecule has 0 radical (unpaired) electrons. The molecule has 0 aromatic heterocycles. The molecule has 0 spiro atoms. The second-order valence-corrected chi connectivity index (χ2v) is 30.4. The van der Waals surface area contributed by atoms with Gasteiger partial charge in [-0.3, -0.25) is 0 Å². The molecular weight excluding hydrogens is 1840 g/mol. The van der Waals surface area contributed by atoms with Crippen LogP contribution < -0.4 is 28.4 Å². The largest absolute Gasteiger partial charge is 0.451 e. The summed E-state index contributed by atoms with van der Waals surface area (Å²) in [5, 5.41) is 0. The number of hydrogen-bond acceptors (Lipinski definition) is 6. The number of benzene rings is 15. The van der Waals surface area contributed by atoms with Crippen molar-refractivity contribution >= 4 is 0 Å². The Hall–Kier alpha value is -15.0. The lowest BCUT2D eigenvalue weighted by molar-refractivity contribution is 0.332. The van der Waals surface area contributed by atoms with Gasteiger partial charge in [0, 0.05) is 21.7 Å². The Balaban J connectivity index is 0.890. The van der Waals surface area contributed by atoms with Crippen molar-refractivity contribution in [1.82, 2.24) is 0 Å². The Morgan fingerprint density at radius 2 is 0.179 bits per heavy atom. The van der Waals surface area contributed by atoms with Crippen LogP contribution in [0.5, 0.6) is 69.0 Å². The summed E-state index contributed by atoms with van der Waals surface area (Å²) in [5.74, 6) is -85.1. The van der Waals surface area contributed by atoms with Crippen molar-refractivity contribution in [2.45, 2.75) is 49.4 Å². The molecule has 0 aliphatic carbocycles. The fourth-order valence-electron chi connectivity index (χ4n) is 15.3. The van der Waals surface area contributed by atoms with Gasteiger partial charge in [0.15, 0.2) is 0 Å². The van der Waals surface area contributed by atoms with Gasteiger partial charge in [-0.1, -0.05) is 146 Å². The van der Waals surface area contributed by atoms with E-state index < -0.39 is 265 Å². The van der Waals surface area contributed by atoms with Crippen molar-refractivity contribution in [3.8, 4) is 69.0 Å². The van der Waals surface area contributed by atoms with Gasteiger partial charge in [-0.2, -0.15) is 52.7 Å². The van der Waals surface area contributed by atoms with Crippen molar-refractivity contribution in [3.63, 3.8) is 0 Å². The molecule has 0 unspecified atom stereocenters. The molecule has 0 aliphatic heterocycles. The summed E-state index contributed by atoms with van der Waals surface area (Å²) in [5.41, 5.74) is -3.57. The highest BCUT2D eigenvalue weighted by atomic mass is 19.2. The van der Waals surface area contributed by atoms with E-state index in [0.29, 0.717) is 16.7 Å². The van der Waals surface area contributed by atoms with Gasteiger partial charge < -0.3 is 28.4 Å². The first-order chi connectivity index (χ1) is 63.4. The van der Waals surface area contributed by atoms with Gasteiger partial charge in [0.1, 0.15) is 34.5 Å². The second-order valence-electron chi connectivity index (χ2n) is 30.4. The monoisotopic (exact) mass is 1890 g/mol. The summed E-state index contributed by atoms with van der Waals surface area (Å²) in [6.45, 7) is 6.39. The van der Waals surface area contributed by atoms with E-state index in [0.717, 1.165) is 72.8 Å². The Morgan fingerprint density at radius 3 is 0.261 bits per heavy atom. The third kappa shape index (κ3) is 15.9. The maximum atomic E-state index is 15.1. The smallest absolute Gasteiger partial charge is 0.207 e. The summed E-state index contributed by atoms with van der Waals surface area (Å²) in [4.78, 5) is 0. The van der Waals surface area contributed by atoms with Crippen LogP contribution in [0, 0.1) is 175 Å². The van der Waals surface area contributed by atoms with E-state index in [1.54, 1.807) is 100 Å². The van der Waals surface area contributed by atoms with Crippen LogP contribution >= 0.6 is 0 Å². The van der Waals surface area contributed by atoms with Gasteiger partial charge in [0.25, 0.3) is 0 Å². The fourth-order valence-corrected chi connectivity index (χ4v) is 15.3. The SMILES string of the molecule is CC(c1ccc(Oc2c(F)c(F)c(F)c(F)c2F)cc1)(c1ccc(Oc2c(F)c(F)c(F)c(F)c2F)cc1)c1ccc(C(C)(c2ccc(C(C)(c3ccc(Oc4c(F)c(F)c(F)c(F)c4F)cc3)c3ccc(Oc4c(F)c(F)c(F)c(F)c4F)cc3)cc2)c2ccc(C(C)(c3ccc(Oc4c(F)c(F)c(F)c(F)c4F)cc3)c3ccc(Oc4c(F)c(F)c(F)c(F)c4F)cc3)cc2)cc1. The predicted molar refractivity (Wildman–Crippen MR) is 418 cm³/mol. The molecule has 686 valence electrons. The van der Waals surface area contributed by atoms with E-state index in [2.05, 4.69) is 0 Å². The standard InChI is InChI=1S/C98H48F30O6/c1-95(41-5-11-44(12-6-41)96(2,47-17-29-53(30-18-47)129-89-77(117)65(105)59(99)66(106)78(89)118)48-19-31-54(32-20-48)130-90-79(119)67(107)60(100)68(108)80(90)120,42-7-13-45(14-8-42)97(3,49-21-33-55(34-22-49)131-91-81(121)69(109)61(101)70(110)82(91)122)50-23-35-56(36-24-50)132-92-83(123)71(111)62(102)72(112)84(92)124)43-9-15-46(16-10-43)98(4,51-25-37-57(38-26-51)133-93-85(125)73(113)63(103)74(114)86(93)126)52-27-39-58(40-28-52)134-94-87(127)75(115)64(104)76(116)88(94)128/h5-40H,1-4H3. The molecule has 15 rings (SSSR count). The topological polar surface area (TPSA) is 55.4 Å². The van der Waals surface area contributed by atoms with E-state index in [1.165, 1.54) is 72.8 Å². The first-order valence-corrected chi connectivity index (χ1v) is 38.5. The number of rotatable bonds is 24. The lowest BCUT2D eigenvalue weighted by atomic mass is 9.66.